The normalized spacial score (nSPS) is 18.9. The van der Waals surface area contributed by atoms with Gasteiger partial charge in [0.25, 0.3) is 0 Å². The minimum atomic E-state index is -0.304. The number of imide groups is 1. The van der Waals surface area contributed by atoms with Gasteiger partial charge in [0.05, 0.1) is 5.92 Å². The molecule has 2 rings (SSSR count). The molecule has 4 nitrogen and oxygen atoms in total. The van der Waals surface area contributed by atoms with E-state index in [1.54, 1.807) is 0 Å². The average molecular weight is 275 g/mol. The highest BCUT2D eigenvalue weighted by atomic mass is 16.3. The van der Waals surface area contributed by atoms with Crippen molar-refractivity contribution in [3.05, 3.63) is 35.9 Å². The van der Waals surface area contributed by atoms with Crippen LogP contribution in [0.4, 0.5) is 0 Å². The molecule has 0 spiro atoms. The summed E-state index contributed by atoms with van der Waals surface area (Å²) in [6, 6.07) is 9.50. The van der Waals surface area contributed by atoms with Gasteiger partial charge in [-0.05, 0) is 18.4 Å². The summed E-state index contributed by atoms with van der Waals surface area (Å²) in [6.45, 7) is 0.712. The Morgan fingerprint density at radius 1 is 1.05 bits per heavy atom. The predicted molar refractivity (Wildman–Crippen MR) is 76.1 cm³/mol. The third-order valence-corrected chi connectivity index (χ3v) is 3.74. The lowest BCUT2D eigenvalue weighted by Gasteiger charge is -2.14. The van der Waals surface area contributed by atoms with Crippen molar-refractivity contribution in [2.24, 2.45) is 0 Å². The first-order valence-electron chi connectivity index (χ1n) is 7.24. The standard InChI is InChI=1S/C16H21NO3/c18-11-7-2-1-6-10-17-15(19)12-14(16(17)20)13-8-4-3-5-9-13/h3-5,8-9,14,18H,1-2,6-7,10-12H2. The van der Waals surface area contributed by atoms with Gasteiger partial charge in [0.2, 0.25) is 11.8 Å². The van der Waals surface area contributed by atoms with Crippen LogP contribution in [0, 0.1) is 0 Å². The fourth-order valence-corrected chi connectivity index (χ4v) is 2.60. The van der Waals surface area contributed by atoms with Crippen LogP contribution in [0.2, 0.25) is 0 Å². The van der Waals surface area contributed by atoms with Crippen LogP contribution in [-0.4, -0.2) is 35.0 Å². The summed E-state index contributed by atoms with van der Waals surface area (Å²) in [4.78, 5) is 25.7. The Labute approximate surface area is 119 Å². The van der Waals surface area contributed by atoms with Gasteiger partial charge in [-0.2, -0.15) is 0 Å². The van der Waals surface area contributed by atoms with Gasteiger partial charge in [-0.3, -0.25) is 14.5 Å². The van der Waals surface area contributed by atoms with Crippen LogP contribution in [0.3, 0.4) is 0 Å². The number of benzene rings is 1. The summed E-state index contributed by atoms with van der Waals surface area (Å²) in [5.74, 6) is -0.435. The molecule has 108 valence electrons. The molecule has 0 saturated carbocycles. The Morgan fingerprint density at radius 3 is 2.45 bits per heavy atom. The Balaban J connectivity index is 1.89. The first-order chi connectivity index (χ1) is 9.74. The highest BCUT2D eigenvalue weighted by Crippen LogP contribution is 2.29. The molecule has 1 aliphatic heterocycles. The topological polar surface area (TPSA) is 57.6 Å². The Morgan fingerprint density at radius 2 is 1.75 bits per heavy atom. The summed E-state index contributed by atoms with van der Waals surface area (Å²) in [5.41, 5.74) is 0.925. The lowest BCUT2D eigenvalue weighted by Crippen LogP contribution is -2.31. The second-order valence-corrected chi connectivity index (χ2v) is 5.19. The van der Waals surface area contributed by atoms with E-state index in [-0.39, 0.29) is 24.3 Å². The van der Waals surface area contributed by atoms with Gasteiger partial charge >= 0.3 is 0 Å². The zero-order chi connectivity index (χ0) is 14.4. The van der Waals surface area contributed by atoms with E-state index in [2.05, 4.69) is 0 Å². The number of carbonyl (C=O) groups excluding carboxylic acids is 2. The maximum atomic E-state index is 12.3. The molecule has 0 aliphatic carbocycles. The molecule has 1 fully saturated rings. The van der Waals surface area contributed by atoms with Crippen molar-refractivity contribution < 1.29 is 14.7 Å². The Hall–Kier alpha value is -1.68. The molecule has 1 unspecified atom stereocenters. The number of hydrogen-bond donors (Lipinski definition) is 1. The van der Waals surface area contributed by atoms with Crippen molar-refractivity contribution in [3.63, 3.8) is 0 Å². The number of carbonyl (C=O) groups is 2. The van der Waals surface area contributed by atoms with Crippen molar-refractivity contribution >= 4 is 11.8 Å². The van der Waals surface area contributed by atoms with Crippen molar-refractivity contribution in [1.82, 2.24) is 4.90 Å². The summed E-state index contributed by atoms with van der Waals surface area (Å²) in [7, 11) is 0. The number of nitrogens with zero attached hydrogens (tertiary/aromatic N) is 1. The van der Waals surface area contributed by atoms with Gasteiger partial charge < -0.3 is 5.11 Å². The van der Waals surface area contributed by atoms with Crippen LogP contribution in [0.1, 0.15) is 43.6 Å². The minimum absolute atomic E-state index is 0.0639. The maximum absolute atomic E-state index is 12.3. The van der Waals surface area contributed by atoms with E-state index in [1.807, 2.05) is 30.3 Å². The van der Waals surface area contributed by atoms with Gasteiger partial charge in [-0.15, -0.1) is 0 Å². The molecule has 1 aromatic carbocycles. The molecule has 1 N–H and O–H groups in total. The maximum Gasteiger partial charge on any atom is 0.237 e. The molecule has 1 aliphatic rings. The first kappa shape index (κ1) is 14.7. The van der Waals surface area contributed by atoms with Crippen molar-refractivity contribution in [2.45, 2.75) is 38.0 Å². The quantitative estimate of drug-likeness (QED) is 0.612. The van der Waals surface area contributed by atoms with Gasteiger partial charge in [0.1, 0.15) is 0 Å². The third-order valence-electron chi connectivity index (χ3n) is 3.74. The summed E-state index contributed by atoms with van der Waals surface area (Å²) >= 11 is 0. The molecule has 0 radical (unpaired) electrons. The van der Waals surface area contributed by atoms with E-state index in [9.17, 15) is 9.59 Å². The average Bonchev–Trinajstić information content (AvgIpc) is 2.75. The van der Waals surface area contributed by atoms with Gasteiger partial charge in [-0.1, -0.05) is 43.2 Å². The van der Waals surface area contributed by atoms with E-state index in [0.717, 1.165) is 31.2 Å². The number of hydrogen-bond acceptors (Lipinski definition) is 3. The first-order valence-corrected chi connectivity index (χ1v) is 7.24. The number of aliphatic hydroxyl groups is 1. The predicted octanol–water partition coefficient (Wildman–Crippen LogP) is 2.08. The SMILES string of the molecule is O=C1CC(c2ccccc2)C(=O)N1CCCCCCO. The van der Waals surface area contributed by atoms with E-state index in [4.69, 9.17) is 5.11 Å². The van der Waals surface area contributed by atoms with Crippen molar-refractivity contribution in [3.8, 4) is 0 Å². The molecule has 1 saturated heterocycles. The lowest BCUT2D eigenvalue weighted by atomic mass is 9.98. The smallest absolute Gasteiger partial charge is 0.237 e. The molecular formula is C16H21NO3. The van der Waals surface area contributed by atoms with Gasteiger partial charge in [0, 0.05) is 19.6 Å². The third kappa shape index (κ3) is 3.45. The molecule has 1 heterocycles. The molecule has 2 amide bonds. The van der Waals surface area contributed by atoms with Crippen LogP contribution < -0.4 is 0 Å². The molecule has 1 aromatic rings. The van der Waals surface area contributed by atoms with Crippen molar-refractivity contribution in [2.75, 3.05) is 13.2 Å². The number of amides is 2. The Kier molecular flexibility index (Phi) is 5.30. The largest absolute Gasteiger partial charge is 0.396 e. The highest BCUT2D eigenvalue weighted by molar-refractivity contribution is 6.06. The van der Waals surface area contributed by atoms with Gasteiger partial charge in [0.15, 0.2) is 0 Å². The van der Waals surface area contributed by atoms with Crippen LogP contribution in [-0.2, 0) is 9.59 Å². The molecule has 4 heteroatoms. The highest BCUT2D eigenvalue weighted by Gasteiger charge is 2.38. The molecule has 0 bridgehead atoms. The van der Waals surface area contributed by atoms with Crippen LogP contribution >= 0.6 is 0 Å². The van der Waals surface area contributed by atoms with E-state index >= 15 is 0 Å². The summed E-state index contributed by atoms with van der Waals surface area (Å²) in [5, 5.41) is 8.70. The fraction of sp³-hybridized carbons (Fsp3) is 0.500. The van der Waals surface area contributed by atoms with Gasteiger partial charge in [-0.25, -0.2) is 0 Å². The molecular weight excluding hydrogens is 254 g/mol. The fourth-order valence-electron chi connectivity index (χ4n) is 2.60. The molecule has 0 aromatic heterocycles. The number of rotatable bonds is 7. The minimum Gasteiger partial charge on any atom is -0.396 e. The molecule has 1 atom stereocenters. The summed E-state index contributed by atoms with van der Waals surface area (Å²) in [6.07, 6.45) is 3.77. The summed E-state index contributed by atoms with van der Waals surface area (Å²) < 4.78 is 0. The monoisotopic (exact) mass is 275 g/mol. The zero-order valence-corrected chi connectivity index (χ0v) is 11.6. The molecule has 20 heavy (non-hydrogen) atoms. The van der Waals surface area contributed by atoms with Crippen LogP contribution in [0.5, 0.6) is 0 Å². The van der Waals surface area contributed by atoms with E-state index in [0.29, 0.717) is 13.0 Å². The zero-order valence-electron chi connectivity index (χ0n) is 11.6. The number of aliphatic hydroxyl groups excluding tert-OH is 1. The Bertz CT molecular complexity index is 458. The van der Waals surface area contributed by atoms with E-state index < -0.39 is 0 Å². The van der Waals surface area contributed by atoms with Crippen LogP contribution in [0.25, 0.3) is 0 Å². The second-order valence-electron chi connectivity index (χ2n) is 5.19. The number of likely N-dealkylation sites (tertiary alicyclic amines) is 1. The lowest BCUT2D eigenvalue weighted by molar-refractivity contribution is -0.138. The second kappa shape index (κ2) is 7.20. The van der Waals surface area contributed by atoms with Crippen LogP contribution in [0.15, 0.2) is 30.3 Å². The van der Waals surface area contributed by atoms with E-state index in [1.165, 1.54) is 4.90 Å². The number of unbranched alkanes of at least 4 members (excludes halogenated alkanes) is 3. The van der Waals surface area contributed by atoms with Crippen molar-refractivity contribution in [1.29, 1.82) is 0 Å².